The lowest BCUT2D eigenvalue weighted by Gasteiger charge is -2.20. The fourth-order valence-electron chi connectivity index (χ4n) is 7.06. The van der Waals surface area contributed by atoms with Crippen LogP contribution in [0.1, 0.15) is 190 Å². The molecule has 0 aromatic rings. The minimum Gasteiger partial charge on any atom is -0.380 e. The second-order valence-electron chi connectivity index (χ2n) is 29.4. The summed E-state index contributed by atoms with van der Waals surface area (Å²) in [4.78, 5) is 23.2. The molecule has 574 valence electrons. The lowest BCUT2D eigenvalue weighted by Crippen LogP contribution is -2.38. The highest BCUT2D eigenvalue weighted by Crippen LogP contribution is 2.20. The van der Waals surface area contributed by atoms with E-state index in [2.05, 4.69) is 165 Å². The van der Waals surface area contributed by atoms with Crippen molar-refractivity contribution in [2.45, 2.75) is 207 Å². The van der Waals surface area contributed by atoms with Crippen LogP contribution in [0.25, 0.3) is 0 Å². The van der Waals surface area contributed by atoms with Crippen LogP contribution in [0.15, 0.2) is 0 Å². The molecule has 95 heavy (non-hydrogen) atoms. The van der Waals surface area contributed by atoms with Crippen molar-refractivity contribution in [1.29, 1.82) is 0 Å². The summed E-state index contributed by atoms with van der Waals surface area (Å²) in [5.74, 6) is 1.27. The molecule has 0 saturated heterocycles. The van der Waals surface area contributed by atoms with E-state index in [1.165, 1.54) is 6.42 Å². The molecule has 0 radical (unpaired) electrons. The number of carbonyl (C=O) groups is 2. The fraction of sp³-hybridized carbons (Fsp3) is 0.973. The molecule has 0 atom stereocenters. The van der Waals surface area contributed by atoms with Gasteiger partial charge < -0.3 is 97.6 Å². The Labute approximate surface area is 583 Å². The number of hydrogen-bond acceptors (Lipinski definition) is 20. The molecule has 0 aromatic heterocycles. The van der Waals surface area contributed by atoms with Gasteiger partial charge in [0.2, 0.25) is 11.8 Å². The van der Waals surface area contributed by atoms with Gasteiger partial charge in [-0.2, -0.15) is 0 Å². The summed E-state index contributed by atoms with van der Waals surface area (Å²) in [6, 6.07) is 0.964. The van der Waals surface area contributed by atoms with Gasteiger partial charge in [-0.15, -0.1) is 0 Å². The summed E-state index contributed by atoms with van der Waals surface area (Å²) < 4.78 is 81.7. The summed E-state index contributed by atoms with van der Waals surface area (Å²) in [5.41, 5.74) is 1.24. The standard InChI is InChI=1S/C21H44N2O6.C18H39NO4.C17H36N2O4.C17H36O3/c1-19(2)5-9-25-12-8-23-21(24)6-10-26-13-15-28-17-18-29-16-14-27-11-7-22-20(3)4;1-17(2,3)7-9-20-11-13-22-15-16-23-14-12-21-10-8-19-18(4,5)6;1-15(2)5-9-21-12-8-19-17(20)6-10-22-13-14-23-11-7-18-16(3)4;1-16(2,3)8-7-10-18-12-14-20-15-13-19-11-9-17(4,5)6/h19-20,22H,5-18H2,1-4H3,(H,23,24);19H,7-16H2,1-6H3;15-16,18H,5-14H2,1-4H3,(H,19,20);7-15H2,1-6H3. The van der Waals surface area contributed by atoms with Crippen LogP contribution in [-0.2, 0) is 80.6 Å². The summed E-state index contributed by atoms with van der Waals surface area (Å²) in [6.45, 7) is 65.9. The van der Waals surface area contributed by atoms with E-state index in [4.69, 9.17) is 71.1 Å². The number of nitrogens with one attached hydrogen (secondary N) is 5. The zero-order valence-electron chi connectivity index (χ0n) is 65.2. The molecule has 22 nitrogen and oxygen atoms in total. The Balaban J connectivity index is -0.000000586. The molecule has 22 heteroatoms. The third kappa shape index (κ3) is 108. The fourth-order valence-corrected chi connectivity index (χ4v) is 7.06. The largest absolute Gasteiger partial charge is 0.380 e. The predicted octanol–water partition coefficient (Wildman–Crippen LogP) is 10.4. The quantitative estimate of drug-likeness (QED) is 0.0356. The molecular weight excluding hydrogens is 1220 g/mol. The highest BCUT2D eigenvalue weighted by molar-refractivity contribution is 5.76. The molecule has 0 aromatic carbocycles. The van der Waals surface area contributed by atoms with Crippen molar-refractivity contribution in [2.75, 3.05) is 231 Å². The summed E-state index contributed by atoms with van der Waals surface area (Å²) in [7, 11) is 0. The third-order valence-corrected chi connectivity index (χ3v) is 12.8. The van der Waals surface area contributed by atoms with E-state index in [-0.39, 0.29) is 17.4 Å². The lowest BCUT2D eigenvalue weighted by atomic mass is 9.91. The van der Waals surface area contributed by atoms with E-state index >= 15 is 0 Å². The van der Waals surface area contributed by atoms with Crippen LogP contribution < -0.4 is 26.6 Å². The van der Waals surface area contributed by atoms with E-state index in [0.717, 1.165) is 84.8 Å². The molecule has 2 amide bonds. The van der Waals surface area contributed by atoms with Crippen LogP contribution in [0, 0.1) is 28.1 Å². The number of rotatable bonds is 63. The number of ether oxygens (including phenoxy) is 15. The van der Waals surface area contributed by atoms with Gasteiger partial charge in [-0.3, -0.25) is 9.59 Å². The molecule has 0 spiro atoms. The van der Waals surface area contributed by atoms with Gasteiger partial charge in [-0.05, 0) is 87.4 Å². The predicted molar refractivity (Wildman–Crippen MR) is 387 cm³/mol. The van der Waals surface area contributed by atoms with Gasteiger partial charge in [0.25, 0.3) is 0 Å². The van der Waals surface area contributed by atoms with Crippen LogP contribution in [-0.4, -0.2) is 260 Å². The maximum atomic E-state index is 11.6. The van der Waals surface area contributed by atoms with Crippen molar-refractivity contribution in [2.24, 2.45) is 28.1 Å². The van der Waals surface area contributed by atoms with E-state index in [9.17, 15) is 9.59 Å². The van der Waals surface area contributed by atoms with E-state index < -0.39 is 0 Å². The molecular formula is C73H155N5O17. The molecule has 0 rings (SSSR count). The van der Waals surface area contributed by atoms with Crippen LogP contribution >= 0.6 is 0 Å². The molecule has 0 saturated carbocycles. The molecule has 0 bridgehead atoms. The van der Waals surface area contributed by atoms with Crippen LogP contribution in [0.2, 0.25) is 0 Å². The number of carbonyl (C=O) groups excluding carboxylic acids is 2. The second kappa shape index (κ2) is 72.0. The summed E-state index contributed by atoms with van der Waals surface area (Å²) in [5, 5.41) is 15.6. The SMILES string of the molecule is CC(C)(C)CCCOCCOCCOCCC(C)(C)C.CC(C)(C)CCOCCOCCOCCOCCNC(C)(C)C.CC(C)CCOCCNC(=O)CCOCCOCCNC(C)C.CC(C)CCOCCNC(=O)CCOCCOCCOCCOCCNC(C)C. The molecule has 0 heterocycles. The number of amides is 2. The molecule has 0 aliphatic carbocycles. The summed E-state index contributed by atoms with van der Waals surface area (Å²) >= 11 is 0. The van der Waals surface area contributed by atoms with E-state index in [0.29, 0.717) is 231 Å². The Kier molecular flexibility index (Phi) is 75.5. The maximum Gasteiger partial charge on any atom is 0.222 e. The van der Waals surface area contributed by atoms with Crippen LogP contribution in [0.3, 0.4) is 0 Å². The molecule has 0 unspecified atom stereocenters. The Hall–Kier alpha value is -1.78. The minimum absolute atomic E-state index is 0.000452. The maximum absolute atomic E-state index is 11.6. The first kappa shape index (κ1) is 99.6. The molecule has 0 fully saturated rings. The van der Waals surface area contributed by atoms with Gasteiger partial charge in [0.15, 0.2) is 0 Å². The highest BCUT2D eigenvalue weighted by Gasteiger charge is 2.12. The van der Waals surface area contributed by atoms with Crippen LogP contribution in [0.4, 0.5) is 0 Å². The Morgan fingerprint density at radius 3 is 0.789 bits per heavy atom. The van der Waals surface area contributed by atoms with Gasteiger partial charge >= 0.3 is 0 Å². The average molecular weight is 1380 g/mol. The first-order chi connectivity index (χ1) is 45.0. The third-order valence-electron chi connectivity index (χ3n) is 12.8. The van der Waals surface area contributed by atoms with Gasteiger partial charge in [0.05, 0.1) is 165 Å². The van der Waals surface area contributed by atoms with Gasteiger partial charge in [-0.1, -0.05) is 118 Å². The monoisotopic (exact) mass is 1370 g/mol. The normalized spacial score (nSPS) is 12.1. The first-order valence-corrected chi connectivity index (χ1v) is 36.4. The second-order valence-corrected chi connectivity index (χ2v) is 29.4. The topological polar surface area (TPSA) is 233 Å². The average Bonchev–Trinajstić information content (AvgIpc) is 3.69. The van der Waals surface area contributed by atoms with Crippen molar-refractivity contribution in [3.8, 4) is 0 Å². The van der Waals surface area contributed by atoms with Crippen molar-refractivity contribution in [3.05, 3.63) is 0 Å². The van der Waals surface area contributed by atoms with Crippen molar-refractivity contribution in [1.82, 2.24) is 26.6 Å². The Morgan fingerprint density at radius 1 is 0.274 bits per heavy atom. The minimum atomic E-state index is -0.0195. The highest BCUT2D eigenvalue weighted by atomic mass is 16.6. The summed E-state index contributed by atoms with van der Waals surface area (Å²) in [6.07, 6.45) is 7.31. The van der Waals surface area contributed by atoms with Gasteiger partial charge in [0, 0.05) is 96.2 Å². The number of hydrogen-bond donors (Lipinski definition) is 5. The molecule has 0 aliphatic rings. The molecule has 5 N–H and O–H groups in total. The van der Waals surface area contributed by atoms with E-state index in [1.54, 1.807) is 0 Å². The zero-order chi connectivity index (χ0) is 72.0. The van der Waals surface area contributed by atoms with E-state index in [1.807, 2.05) is 0 Å². The Bertz CT molecular complexity index is 1500. The van der Waals surface area contributed by atoms with Gasteiger partial charge in [-0.25, -0.2) is 0 Å². The van der Waals surface area contributed by atoms with Crippen molar-refractivity contribution in [3.63, 3.8) is 0 Å². The Morgan fingerprint density at radius 2 is 0.516 bits per heavy atom. The zero-order valence-corrected chi connectivity index (χ0v) is 65.2. The lowest BCUT2D eigenvalue weighted by molar-refractivity contribution is -0.123. The van der Waals surface area contributed by atoms with Crippen LogP contribution in [0.5, 0.6) is 0 Å². The van der Waals surface area contributed by atoms with Gasteiger partial charge in [0.1, 0.15) is 0 Å². The van der Waals surface area contributed by atoms with Crippen molar-refractivity contribution >= 4 is 11.8 Å². The first-order valence-electron chi connectivity index (χ1n) is 36.4. The molecule has 0 aliphatic heterocycles. The van der Waals surface area contributed by atoms with Crippen molar-refractivity contribution < 1.29 is 80.6 Å². The smallest absolute Gasteiger partial charge is 0.222 e.